The second-order valence-corrected chi connectivity index (χ2v) is 4.52. The fourth-order valence-corrected chi connectivity index (χ4v) is 2.38. The number of nitrogens with one attached hydrogen (secondary N) is 1. The lowest BCUT2D eigenvalue weighted by Crippen LogP contribution is -2.00. The standard InChI is InChI=1S/C16H14N2O/c1-18-13-10-6-5-9-12(13)14(16(18)19)15(17)11-7-3-2-4-8-11/h2-10,17,19H,1H3. The van der Waals surface area contributed by atoms with Crippen molar-refractivity contribution in [3.8, 4) is 5.88 Å². The summed E-state index contributed by atoms with van der Waals surface area (Å²) in [7, 11) is 1.80. The molecule has 0 saturated heterocycles. The molecule has 0 aliphatic carbocycles. The zero-order valence-electron chi connectivity index (χ0n) is 10.6. The molecular weight excluding hydrogens is 236 g/mol. The van der Waals surface area contributed by atoms with Gasteiger partial charge in [0.05, 0.1) is 16.8 Å². The van der Waals surface area contributed by atoms with Crippen molar-refractivity contribution in [2.75, 3.05) is 0 Å². The van der Waals surface area contributed by atoms with Gasteiger partial charge in [-0.15, -0.1) is 0 Å². The summed E-state index contributed by atoms with van der Waals surface area (Å²) >= 11 is 0. The highest BCUT2D eigenvalue weighted by molar-refractivity contribution is 6.19. The van der Waals surface area contributed by atoms with Crippen LogP contribution in [-0.2, 0) is 7.05 Å². The summed E-state index contributed by atoms with van der Waals surface area (Å²) < 4.78 is 1.71. The molecule has 0 aliphatic heterocycles. The molecule has 3 nitrogen and oxygen atoms in total. The number of aromatic nitrogens is 1. The highest BCUT2D eigenvalue weighted by Crippen LogP contribution is 2.31. The largest absolute Gasteiger partial charge is 0.494 e. The fourth-order valence-electron chi connectivity index (χ4n) is 2.38. The third kappa shape index (κ3) is 1.71. The topological polar surface area (TPSA) is 49.0 Å². The first-order valence-corrected chi connectivity index (χ1v) is 6.11. The number of hydrogen-bond acceptors (Lipinski definition) is 2. The van der Waals surface area contributed by atoms with Crippen molar-refractivity contribution in [1.82, 2.24) is 4.57 Å². The van der Waals surface area contributed by atoms with Crippen LogP contribution in [0.3, 0.4) is 0 Å². The lowest BCUT2D eigenvalue weighted by molar-refractivity contribution is 0.434. The molecule has 0 aliphatic rings. The van der Waals surface area contributed by atoms with Crippen molar-refractivity contribution in [1.29, 1.82) is 5.41 Å². The summed E-state index contributed by atoms with van der Waals surface area (Å²) in [6.45, 7) is 0. The Kier molecular flexibility index (Phi) is 2.60. The molecule has 0 atom stereocenters. The molecule has 94 valence electrons. The van der Waals surface area contributed by atoms with Gasteiger partial charge in [0.2, 0.25) is 5.88 Å². The summed E-state index contributed by atoms with van der Waals surface area (Å²) in [5.41, 5.74) is 2.66. The van der Waals surface area contributed by atoms with Crippen LogP contribution in [0.2, 0.25) is 0 Å². The maximum Gasteiger partial charge on any atom is 0.201 e. The van der Waals surface area contributed by atoms with Gasteiger partial charge in [-0.25, -0.2) is 0 Å². The van der Waals surface area contributed by atoms with Crippen molar-refractivity contribution >= 4 is 16.6 Å². The molecule has 0 amide bonds. The minimum absolute atomic E-state index is 0.134. The van der Waals surface area contributed by atoms with E-state index in [1.54, 1.807) is 11.6 Å². The molecule has 2 aromatic carbocycles. The number of nitrogens with zero attached hydrogens (tertiary/aromatic N) is 1. The Morgan fingerprint density at radius 1 is 1.00 bits per heavy atom. The third-order valence-electron chi connectivity index (χ3n) is 3.39. The van der Waals surface area contributed by atoms with Gasteiger partial charge in [0, 0.05) is 18.0 Å². The van der Waals surface area contributed by atoms with E-state index >= 15 is 0 Å². The van der Waals surface area contributed by atoms with Crippen LogP contribution in [0, 0.1) is 5.41 Å². The smallest absolute Gasteiger partial charge is 0.201 e. The summed E-state index contributed by atoms with van der Waals surface area (Å²) in [6.07, 6.45) is 0. The van der Waals surface area contributed by atoms with E-state index in [1.807, 2.05) is 54.6 Å². The lowest BCUT2D eigenvalue weighted by atomic mass is 10.0. The molecule has 3 heteroatoms. The van der Waals surface area contributed by atoms with Gasteiger partial charge in [-0.05, 0) is 6.07 Å². The molecule has 2 N–H and O–H groups in total. The second-order valence-electron chi connectivity index (χ2n) is 4.52. The van der Waals surface area contributed by atoms with Gasteiger partial charge in [0.25, 0.3) is 0 Å². The zero-order chi connectivity index (χ0) is 13.4. The SMILES string of the molecule is Cn1c(O)c(C(=N)c2ccccc2)c2ccccc21. The minimum Gasteiger partial charge on any atom is -0.494 e. The highest BCUT2D eigenvalue weighted by Gasteiger charge is 2.18. The van der Waals surface area contributed by atoms with E-state index in [0.29, 0.717) is 11.3 Å². The van der Waals surface area contributed by atoms with Gasteiger partial charge in [0.1, 0.15) is 0 Å². The van der Waals surface area contributed by atoms with Crippen LogP contribution < -0.4 is 0 Å². The van der Waals surface area contributed by atoms with E-state index in [9.17, 15) is 5.11 Å². The first kappa shape index (κ1) is 11.5. The Labute approximate surface area is 111 Å². The van der Waals surface area contributed by atoms with Crippen LogP contribution in [0.1, 0.15) is 11.1 Å². The molecule has 19 heavy (non-hydrogen) atoms. The first-order valence-electron chi connectivity index (χ1n) is 6.11. The zero-order valence-corrected chi connectivity index (χ0v) is 10.6. The average molecular weight is 250 g/mol. The predicted molar refractivity (Wildman–Crippen MR) is 77.0 cm³/mol. The maximum atomic E-state index is 10.3. The number of para-hydroxylation sites is 1. The van der Waals surface area contributed by atoms with Crippen LogP contribution in [0.5, 0.6) is 5.88 Å². The number of aromatic hydroxyl groups is 1. The van der Waals surface area contributed by atoms with Crippen LogP contribution in [0.25, 0.3) is 10.9 Å². The molecule has 0 radical (unpaired) electrons. The van der Waals surface area contributed by atoms with E-state index in [1.165, 1.54) is 0 Å². The Hall–Kier alpha value is -2.55. The van der Waals surface area contributed by atoms with Crippen molar-refractivity contribution in [3.05, 3.63) is 65.7 Å². The Balaban J connectivity index is 2.26. The van der Waals surface area contributed by atoms with Gasteiger partial charge < -0.3 is 9.67 Å². The maximum absolute atomic E-state index is 10.3. The van der Waals surface area contributed by atoms with Gasteiger partial charge in [0.15, 0.2) is 0 Å². The molecule has 3 aromatic rings. The predicted octanol–water partition coefficient (Wildman–Crippen LogP) is 3.30. The van der Waals surface area contributed by atoms with E-state index in [2.05, 4.69) is 0 Å². The molecule has 3 rings (SSSR count). The molecule has 0 bridgehead atoms. The molecule has 0 fully saturated rings. The van der Waals surface area contributed by atoms with Crippen LogP contribution >= 0.6 is 0 Å². The number of benzene rings is 2. The average Bonchev–Trinajstić information content (AvgIpc) is 2.72. The molecule has 1 aromatic heterocycles. The number of rotatable bonds is 2. The highest BCUT2D eigenvalue weighted by atomic mass is 16.3. The van der Waals surface area contributed by atoms with Crippen LogP contribution in [-0.4, -0.2) is 15.4 Å². The van der Waals surface area contributed by atoms with Gasteiger partial charge in [-0.1, -0.05) is 48.5 Å². The normalized spacial score (nSPS) is 10.8. The molecule has 0 spiro atoms. The monoisotopic (exact) mass is 250 g/mol. The number of hydrogen-bond donors (Lipinski definition) is 2. The van der Waals surface area contributed by atoms with Crippen molar-refractivity contribution in [2.24, 2.45) is 7.05 Å². The molecule has 1 heterocycles. The Bertz CT molecular complexity index is 757. The second kappa shape index (κ2) is 4.28. The number of fused-ring (bicyclic) bond motifs is 1. The molecule has 0 saturated carbocycles. The fraction of sp³-hybridized carbons (Fsp3) is 0.0625. The molecular formula is C16H14N2O. The van der Waals surface area contributed by atoms with E-state index in [0.717, 1.165) is 16.5 Å². The Morgan fingerprint density at radius 3 is 2.37 bits per heavy atom. The third-order valence-corrected chi connectivity index (χ3v) is 3.39. The number of aryl methyl sites for hydroxylation is 1. The molecule has 0 unspecified atom stereocenters. The van der Waals surface area contributed by atoms with Crippen LogP contribution in [0.4, 0.5) is 0 Å². The summed E-state index contributed by atoms with van der Waals surface area (Å²) in [5.74, 6) is 0.134. The van der Waals surface area contributed by atoms with Gasteiger partial charge >= 0.3 is 0 Å². The quantitative estimate of drug-likeness (QED) is 0.673. The lowest BCUT2D eigenvalue weighted by Gasteiger charge is -2.04. The van der Waals surface area contributed by atoms with E-state index in [-0.39, 0.29) is 5.88 Å². The van der Waals surface area contributed by atoms with Gasteiger partial charge in [-0.3, -0.25) is 5.41 Å². The minimum atomic E-state index is 0.134. The summed E-state index contributed by atoms with van der Waals surface area (Å²) in [5, 5.41) is 19.5. The summed E-state index contributed by atoms with van der Waals surface area (Å²) in [4.78, 5) is 0. The summed E-state index contributed by atoms with van der Waals surface area (Å²) in [6, 6.07) is 17.2. The van der Waals surface area contributed by atoms with Crippen LogP contribution in [0.15, 0.2) is 54.6 Å². The van der Waals surface area contributed by atoms with Crippen molar-refractivity contribution in [3.63, 3.8) is 0 Å². The van der Waals surface area contributed by atoms with Crippen molar-refractivity contribution < 1.29 is 5.11 Å². The van der Waals surface area contributed by atoms with Gasteiger partial charge in [-0.2, -0.15) is 0 Å². The van der Waals surface area contributed by atoms with E-state index < -0.39 is 0 Å². The first-order chi connectivity index (χ1) is 9.20. The van der Waals surface area contributed by atoms with Crippen molar-refractivity contribution in [2.45, 2.75) is 0 Å². The van der Waals surface area contributed by atoms with E-state index in [4.69, 9.17) is 5.41 Å². The Morgan fingerprint density at radius 2 is 1.63 bits per heavy atom.